The second-order valence-corrected chi connectivity index (χ2v) is 10.1. The van der Waals surface area contributed by atoms with Crippen molar-refractivity contribution in [3.8, 4) is 11.1 Å². The first-order chi connectivity index (χ1) is 14.7. The van der Waals surface area contributed by atoms with Crippen LogP contribution in [0.5, 0.6) is 0 Å². The molecule has 6 rings (SSSR count). The molecule has 0 bridgehead atoms. The van der Waals surface area contributed by atoms with Gasteiger partial charge in [-0.1, -0.05) is 47.5 Å². The Morgan fingerprint density at radius 3 is 1.30 bits per heavy atom. The molecule has 0 spiro atoms. The highest BCUT2D eigenvalue weighted by atomic mass is 32.1. The van der Waals surface area contributed by atoms with E-state index in [2.05, 4.69) is 98.8 Å². The first-order valence-corrected chi connectivity index (χ1v) is 11.8. The normalized spacial score (nSPS) is 11.7. The highest BCUT2D eigenvalue weighted by molar-refractivity contribution is 7.25. The number of hydrogen-bond acceptors (Lipinski definition) is 0. The van der Waals surface area contributed by atoms with Crippen LogP contribution in [0, 0.1) is 13.8 Å². The summed E-state index contributed by atoms with van der Waals surface area (Å²) in [6.07, 6.45) is 0. The summed E-state index contributed by atoms with van der Waals surface area (Å²) in [5.74, 6) is 0. The highest BCUT2D eigenvalue weighted by Gasteiger charge is 2.25. The van der Waals surface area contributed by atoms with Crippen LogP contribution < -0.4 is 0 Å². The third-order valence-corrected chi connectivity index (χ3v) is 8.12. The van der Waals surface area contributed by atoms with Crippen LogP contribution in [0.15, 0.2) is 84.9 Å². The molecule has 30 heavy (non-hydrogen) atoms. The topological polar surface area (TPSA) is 0 Å². The van der Waals surface area contributed by atoms with Gasteiger partial charge in [0, 0.05) is 56.9 Å². The van der Waals surface area contributed by atoms with Gasteiger partial charge in [-0.3, -0.25) is 0 Å². The molecule has 0 aliphatic heterocycles. The van der Waals surface area contributed by atoms with Crippen LogP contribution in [0.1, 0.15) is 11.1 Å². The van der Waals surface area contributed by atoms with E-state index in [1.54, 1.807) is 0 Å². The maximum atomic E-state index is 2.36. The summed E-state index contributed by atoms with van der Waals surface area (Å²) in [5.41, 5.74) is 5.33. The fourth-order valence-corrected chi connectivity index (χ4v) is 6.59. The minimum absolute atomic E-state index is 1.30. The van der Waals surface area contributed by atoms with Crippen molar-refractivity contribution in [1.29, 1.82) is 0 Å². The van der Waals surface area contributed by atoms with Crippen molar-refractivity contribution in [2.45, 2.75) is 13.8 Å². The summed E-state index contributed by atoms with van der Waals surface area (Å²) in [4.78, 5) is 0. The number of hydrogen-bond donors (Lipinski definition) is 0. The third kappa shape index (κ3) is 2.72. The lowest BCUT2D eigenvalue weighted by atomic mass is 9.92. The molecule has 0 nitrogen and oxygen atoms in total. The van der Waals surface area contributed by atoms with Gasteiger partial charge in [0.2, 0.25) is 41.5 Å². The third-order valence-electron chi connectivity index (χ3n) is 5.81. The van der Waals surface area contributed by atoms with E-state index in [1.807, 2.05) is 22.7 Å². The van der Waals surface area contributed by atoms with Gasteiger partial charge in [-0.25, -0.2) is 0 Å². The second kappa shape index (κ2) is 6.80. The molecule has 142 valence electrons. The number of aryl methyl sites for hydroxylation is 2. The Morgan fingerprint density at radius 2 is 0.833 bits per heavy atom. The molecule has 6 aromatic rings. The van der Waals surface area contributed by atoms with Crippen molar-refractivity contribution >= 4 is 63.0 Å². The number of benzene rings is 4. The Bertz CT molecular complexity index is 1490. The van der Waals surface area contributed by atoms with Gasteiger partial charge in [-0.05, 0) is 38.1 Å². The molecular formula is C28H20S2+2. The van der Waals surface area contributed by atoms with Gasteiger partial charge in [-0.2, -0.15) is 0 Å². The minimum atomic E-state index is 1.30. The first-order valence-electron chi connectivity index (χ1n) is 10.2. The van der Waals surface area contributed by atoms with Gasteiger partial charge in [-0.15, -0.1) is 0 Å². The van der Waals surface area contributed by atoms with Crippen LogP contribution in [0.3, 0.4) is 0 Å². The predicted octanol–water partition coefficient (Wildman–Crippen LogP) is 9.27. The summed E-state index contributed by atoms with van der Waals surface area (Å²) in [5, 5.41) is 5.38. The molecule has 0 saturated carbocycles. The lowest BCUT2D eigenvalue weighted by Crippen LogP contribution is -1.89. The molecule has 0 unspecified atom stereocenters. The summed E-state index contributed by atoms with van der Waals surface area (Å²) >= 11 is 3.77. The van der Waals surface area contributed by atoms with Crippen LogP contribution >= 0.6 is 22.7 Å². The summed E-state index contributed by atoms with van der Waals surface area (Å²) < 4.78 is 5.35. The molecular weight excluding hydrogens is 400 g/mol. The van der Waals surface area contributed by atoms with Crippen molar-refractivity contribution in [2.75, 3.05) is 0 Å². The van der Waals surface area contributed by atoms with E-state index in [0.717, 1.165) is 0 Å². The average molecular weight is 421 g/mol. The Hall–Kier alpha value is -2.94. The van der Waals surface area contributed by atoms with Gasteiger partial charge < -0.3 is 0 Å². The summed E-state index contributed by atoms with van der Waals surface area (Å²) in [6, 6.07) is 31.5. The molecule has 0 saturated heterocycles. The quantitative estimate of drug-likeness (QED) is 0.184. The van der Waals surface area contributed by atoms with Crippen LogP contribution in [0.25, 0.3) is 51.5 Å². The van der Waals surface area contributed by atoms with E-state index in [9.17, 15) is 0 Å². The number of fused-ring (bicyclic) bond motifs is 4. The van der Waals surface area contributed by atoms with E-state index < -0.39 is 0 Å². The molecule has 0 aliphatic carbocycles. The zero-order valence-electron chi connectivity index (χ0n) is 16.9. The van der Waals surface area contributed by atoms with E-state index in [-0.39, 0.29) is 0 Å². The van der Waals surface area contributed by atoms with Crippen LogP contribution in [0.2, 0.25) is 0 Å². The van der Waals surface area contributed by atoms with Crippen molar-refractivity contribution < 1.29 is 0 Å². The van der Waals surface area contributed by atoms with E-state index >= 15 is 0 Å². The molecule has 0 fully saturated rings. The molecule has 2 heteroatoms. The molecule has 0 atom stereocenters. The van der Waals surface area contributed by atoms with Gasteiger partial charge in [0.15, 0.2) is 0 Å². The molecule has 2 aromatic heterocycles. The smallest absolute Gasteiger partial charge is 0.0612 e. The van der Waals surface area contributed by atoms with Crippen molar-refractivity contribution in [3.05, 3.63) is 96.1 Å². The molecule has 4 aromatic carbocycles. The Morgan fingerprint density at radius 1 is 0.433 bits per heavy atom. The Labute approximate surface area is 183 Å². The fraction of sp³-hybridized carbons (Fsp3) is 0.0714. The second-order valence-electron chi connectivity index (χ2n) is 7.95. The average Bonchev–Trinajstić information content (AvgIpc) is 2.76. The van der Waals surface area contributed by atoms with Gasteiger partial charge in [0.25, 0.3) is 0 Å². The Kier molecular flexibility index (Phi) is 4.05. The summed E-state index contributed by atoms with van der Waals surface area (Å²) in [6.45, 7) is 4.38. The van der Waals surface area contributed by atoms with E-state index in [4.69, 9.17) is 0 Å². The van der Waals surface area contributed by atoms with Gasteiger partial charge in [0.1, 0.15) is 0 Å². The van der Waals surface area contributed by atoms with Gasteiger partial charge in [0.05, 0.1) is 0 Å². The number of rotatable bonds is 1. The fourth-order valence-electron chi connectivity index (χ4n) is 4.45. The zero-order valence-corrected chi connectivity index (χ0v) is 18.5. The predicted molar refractivity (Wildman–Crippen MR) is 136 cm³/mol. The summed E-state index contributed by atoms with van der Waals surface area (Å²) in [7, 11) is 0. The largest absolute Gasteiger partial charge is 0.239 e. The standard InChI is InChI=1S/C28H20S2/c1-17-11-13-25-21(15-17)27(19-7-3-5-9-23(19)29-25)28-20-8-4-6-10-24(20)30-26-14-12-18(2)16-22(26)28/h3-16H,1-2H3/q+2. The van der Waals surface area contributed by atoms with E-state index in [1.165, 1.54) is 62.6 Å². The molecule has 0 amide bonds. The SMILES string of the molecule is Cc1ccc2[s+]c3ccccc3c(-c3c4ccccc4[s+]c4ccc(C)cc34)c2c1. The van der Waals surface area contributed by atoms with Crippen LogP contribution in [-0.4, -0.2) is 0 Å². The maximum absolute atomic E-state index is 2.36. The first kappa shape index (κ1) is 17.9. The molecule has 0 aliphatic rings. The van der Waals surface area contributed by atoms with Crippen molar-refractivity contribution in [2.24, 2.45) is 0 Å². The molecule has 0 N–H and O–H groups in total. The molecule has 0 radical (unpaired) electrons. The maximum Gasteiger partial charge on any atom is 0.239 e. The van der Waals surface area contributed by atoms with Crippen molar-refractivity contribution in [3.63, 3.8) is 0 Å². The van der Waals surface area contributed by atoms with Gasteiger partial charge >= 0.3 is 0 Å². The lowest BCUT2D eigenvalue weighted by molar-refractivity contribution is 1.51. The molecule has 2 heterocycles. The zero-order chi connectivity index (χ0) is 20.2. The monoisotopic (exact) mass is 420 g/mol. The highest BCUT2D eigenvalue weighted by Crippen LogP contribution is 2.46. The van der Waals surface area contributed by atoms with Crippen LogP contribution in [-0.2, 0) is 0 Å². The minimum Gasteiger partial charge on any atom is -0.0612 e. The Balaban J connectivity index is 1.95. The lowest BCUT2D eigenvalue weighted by Gasteiger charge is -2.11. The van der Waals surface area contributed by atoms with Crippen LogP contribution in [0.4, 0.5) is 0 Å². The van der Waals surface area contributed by atoms with E-state index in [0.29, 0.717) is 0 Å². The van der Waals surface area contributed by atoms with Crippen molar-refractivity contribution in [1.82, 2.24) is 0 Å².